The van der Waals surface area contributed by atoms with Crippen LogP contribution in [0.4, 0.5) is 0 Å². The van der Waals surface area contributed by atoms with E-state index in [-0.39, 0.29) is 0 Å². The highest BCUT2D eigenvalue weighted by Crippen LogP contribution is 2.42. The number of fused-ring (bicyclic) bond motifs is 10. The van der Waals surface area contributed by atoms with Gasteiger partial charge in [0.15, 0.2) is 11.6 Å². The van der Waals surface area contributed by atoms with Crippen molar-refractivity contribution in [1.82, 2.24) is 23.9 Å². The molecule has 290 valence electrons. The highest BCUT2D eigenvalue weighted by molar-refractivity contribution is 6.24. The number of furan rings is 1. The molecule has 0 radical (unpaired) electrons. The van der Waals surface area contributed by atoms with E-state index in [4.69, 9.17) is 14.6 Å². The Morgan fingerprint density at radius 1 is 0.323 bits per heavy atom. The van der Waals surface area contributed by atoms with Gasteiger partial charge in [0.2, 0.25) is 0 Å². The molecule has 0 aliphatic carbocycles. The molecule has 0 aliphatic rings. The highest BCUT2D eigenvalue weighted by atomic mass is 16.3. The third-order valence-electron chi connectivity index (χ3n) is 12.4. The minimum Gasteiger partial charge on any atom is -0.455 e. The van der Waals surface area contributed by atoms with Crippen LogP contribution in [0.15, 0.2) is 217 Å². The third-order valence-corrected chi connectivity index (χ3v) is 12.4. The predicted molar refractivity (Wildman–Crippen MR) is 254 cm³/mol. The summed E-state index contributed by atoms with van der Waals surface area (Å²) in [6.07, 6.45) is 0. The van der Waals surface area contributed by atoms with Crippen molar-refractivity contribution in [2.75, 3.05) is 0 Å². The van der Waals surface area contributed by atoms with Crippen LogP contribution in [-0.2, 0) is 0 Å². The standard InChI is InChI=1S/C56H35N5O/c1-3-15-37(16-4-1)55-57-58-56(38-17-5-2-6-18-38)61(55)49-27-14-26-48-52(49)44-22-7-10-24-46(44)59(48)40-31-29-36(30-32-40)39-19-13-20-41(35-39)60-47-25-11-8-23-45(47)53-50(60)34-33-43-42-21-9-12-28-51(42)62-54(43)53/h1-35H. The Kier molecular flexibility index (Phi) is 7.50. The summed E-state index contributed by atoms with van der Waals surface area (Å²) in [4.78, 5) is 0. The summed E-state index contributed by atoms with van der Waals surface area (Å²) >= 11 is 0. The average molecular weight is 794 g/mol. The Bertz CT molecular complexity index is 3800. The van der Waals surface area contributed by atoms with Crippen LogP contribution in [0.2, 0.25) is 0 Å². The van der Waals surface area contributed by atoms with Crippen LogP contribution in [0.5, 0.6) is 0 Å². The lowest BCUT2D eigenvalue weighted by molar-refractivity contribution is 0.673. The Morgan fingerprint density at radius 3 is 1.58 bits per heavy atom. The molecule has 6 heteroatoms. The van der Waals surface area contributed by atoms with Crippen LogP contribution in [0.25, 0.3) is 117 Å². The van der Waals surface area contributed by atoms with Gasteiger partial charge in [0.25, 0.3) is 0 Å². The minimum absolute atomic E-state index is 0.795. The lowest BCUT2D eigenvalue weighted by Crippen LogP contribution is -2.01. The molecule has 4 aromatic heterocycles. The van der Waals surface area contributed by atoms with E-state index in [1.54, 1.807) is 0 Å². The average Bonchev–Trinajstić information content (AvgIpc) is 4.12. The summed E-state index contributed by atoms with van der Waals surface area (Å²) in [6, 6.07) is 75.1. The Labute approximate surface area is 355 Å². The summed E-state index contributed by atoms with van der Waals surface area (Å²) in [7, 11) is 0. The molecule has 13 aromatic rings. The molecule has 0 saturated carbocycles. The van der Waals surface area contributed by atoms with E-state index in [9.17, 15) is 0 Å². The van der Waals surface area contributed by atoms with E-state index < -0.39 is 0 Å². The molecule has 9 aromatic carbocycles. The molecule has 0 fully saturated rings. The largest absolute Gasteiger partial charge is 0.455 e. The van der Waals surface area contributed by atoms with Gasteiger partial charge in [0.05, 0.1) is 33.1 Å². The van der Waals surface area contributed by atoms with E-state index in [0.717, 1.165) is 111 Å². The zero-order valence-corrected chi connectivity index (χ0v) is 33.4. The van der Waals surface area contributed by atoms with Gasteiger partial charge >= 0.3 is 0 Å². The zero-order chi connectivity index (χ0) is 40.7. The second kappa shape index (κ2) is 13.5. The SMILES string of the molecule is c1ccc(-c2nnc(-c3ccccc3)n2-c2cccc3c2c2ccccc2n3-c2ccc(-c3cccc(-n4c5ccccc5c5c6oc7ccccc7c6ccc54)c3)cc2)cc1. The monoisotopic (exact) mass is 793 g/mol. The Balaban J connectivity index is 0.944. The first-order valence-electron chi connectivity index (χ1n) is 20.9. The maximum atomic E-state index is 6.56. The van der Waals surface area contributed by atoms with Gasteiger partial charge in [-0.1, -0.05) is 146 Å². The molecule has 0 aliphatic heterocycles. The molecule has 0 unspecified atom stereocenters. The lowest BCUT2D eigenvalue weighted by Gasteiger charge is -2.14. The van der Waals surface area contributed by atoms with Crippen molar-refractivity contribution in [1.29, 1.82) is 0 Å². The van der Waals surface area contributed by atoms with E-state index >= 15 is 0 Å². The number of hydrogen-bond acceptors (Lipinski definition) is 3. The molecular weight excluding hydrogens is 759 g/mol. The minimum atomic E-state index is 0.795. The van der Waals surface area contributed by atoms with Crippen LogP contribution in [0.3, 0.4) is 0 Å². The molecule has 13 rings (SSSR count). The van der Waals surface area contributed by atoms with Gasteiger partial charge < -0.3 is 13.6 Å². The molecular formula is C56H35N5O. The van der Waals surface area contributed by atoms with E-state index in [1.807, 2.05) is 42.5 Å². The fraction of sp³-hybridized carbons (Fsp3) is 0. The fourth-order valence-electron chi connectivity index (χ4n) is 9.67. The molecule has 0 bridgehead atoms. The molecule has 0 spiro atoms. The van der Waals surface area contributed by atoms with Crippen LogP contribution in [0.1, 0.15) is 0 Å². The number of nitrogens with zero attached hydrogens (tertiary/aromatic N) is 5. The number of rotatable bonds is 6. The van der Waals surface area contributed by atoms with Gasteiger partial charge in [0, 0.05) is 49.4 Å². The fourth-order valence-corrected chi connectivity index (χ4v) is 9.67. The Morgan fingerprint density at radius 2 is 0.871 bits per heavy atom. The second-order valence-electron chi connectivity index (χ2n) is 15.8. The number of aromatic nitrogens is 5. The normalized spacial score (nSPS) is 11.9. The van der Waals surface area contributed by atoms with Crippen molar-refractivity contribution >= 4 is 65.6 Å². The van der Waals surface area contributed by atoms with Crippen LogP contribution >= 0.6 is 0 Å². The molecule has 6 nitrogen and oxygen atoms in total. The van der Waals surface area contributed by atoms with Crippen molar-refractivity contribution in [3.8, 4) is 51.0 Å². The van der Waals surface area contributed by atoms with Gasteiger partial charge in [0.1, 0.15) is 11.2 Å². The molecule has 0 saturated heterocycles. The summed E-state index contributed by atoms with van der Waals surface area (Å²) in [5, 5.41) is 16.5. The summed E-state index contributed by atoms with van der Waals surface area (Å²) in [5.41, 5.74) is 13.8. The third kappa shape index (κ3) is 5.10. The topological polar surface area (TPSA) is 53.7 Å². The van der Waals surface area contributed by atoms with E-state index in [2.05, 4.69) is 184 Å². The van der Waals surface area contributed by atoms with Gasteiger partial charge in [-0.05, 0) is 77.9 Å². The molecule has 62 heavy (non-hydrogen) atoms. The molecule has 0 N–H and O–H groups in total. The first-order chi connectivity index (χ1) is 30.8. The maximum Gasteiger partial charge on any atom is 0.168 e. The number of para-hydroxylation sites is 3. The summed E-state index contributed by atoms with van der Waals surface area (Å²) in [6.45, 7) is 0. The van der Waals surface area contributed by atoms with Crippen molar-refractivity contribution in [3.63, 3.8) is 0 Å². The first kappa shape index (κ1) is 34.4. The van der Waals surface area contributed by atoms with Crippen molar-refractivity contribution in [2.45, 2.75) is 0 Å². The lowest BCUT2D eigenvalue weighted by atomic mass is 10.0. The van der Waals surface area contributed by atoms with Crippen molar-refractivity contribution < 1.29 is 4.42 Å². The summed E-state index contributed by atoms with van der Waals surface area (Å²) < 4.78 is 13.5. The molecule has 0 amide bonds. The Hall–Kier alpha value is -8.48. The van der Waals surface area contributed by atoms with Gasteiger partial charge in [-0.25, -0.2) is 0 Å². The summed E-state index contributed by atoms with van der Waals surface area (Å²) in [5.74, 6) is 1.59. The number of hydrogen-bond donors (Lipinski definition) is 0. The van der Waals surface area contributed by atoms with Gasteiger partial charge in [-0.3, -0.25) is 4.57 Å². The first-order valence-corrected chi connectivity index (χ1v) is 20.9. The van der Waals surface area contributed by atoms with E-state index in [0.29, 0.717) is 0 Å². The second-order valence-corrected chi connectivity index (χ2v) is 15.8. The molecule has 4 heterocycles. The maximum absolute atomic E-state index is 6.56. The van der Waals surface area contributed by atoms with Gasteiger partial charge in [-0.2, -0.15) is 0 Å². The quantitative estimate of drug-likeness (QED) is 0.168. The van der Waals surface area contributed by atoms with Crippen LogP contribution in [0, 0.1) is 0 Å². The van der Waals surface area contributed by atoms with Gasteiger partial charge in [-0.15, -0.1) is 10.2 Å². The van der Waals surface area contributed by atoms with Crippen molar-refractivity contribution in [3.05, 3.63) is 212 Å². The van der Waals surface area contributed by atoms with Crippen LogP contribution in [-0.4, -0.2) is 23.9 Å². The number of benzene rings is 9. The smallest absolute Gasteiger partial charge is 0.168 e. The van der Waals surface area contributed by atoms with Crippen molar-refractivity contribution in [2.24, 2.45) is 0 Å². The van der Waals surface area contributed by atoms with E-state index in [1.165, 1.54) is 5.39 Å². The van der Waals surface area contributed by atoms with Crippen LogP contribution < -0.4 is 0 Å². The zero-order valence-electron chi connectivity index (χ0n) is 33.4. The molecule has 0 atom stereocenters. The highest BCUT2D eigenvalue weighted by Gasteiger charge is 2.23. The predicted octanol–water partition coefficient (Wildman–Crippen LogP) is 14.4.